The van der Waals surface area contributed by atoms with E-state index in [1.54, 1.807) is 28.7 Å². The van der Waals surface area contributed by atoms with Crippen molar-refractivity contribution in [3.05, 3.63) is 33.7 Å². The number of amides is 1. The topological polar surface area (TPSA) is 78.0 Å². The first kappa shape index (κ1) is 17.7. The Bertz CT molecular complexity index is 808. The Labute approximate surface area is 151 Å². The fourth-order valence-electron chi connectivity index (χ4n) is 3.37. The number of rotatable bonds is 5. The van der Waals surface area contributed by atoms with Crippen LogP contribution < -0.4 is 5.69 Å². The summed E-state index contributed by atoms with van der Waals surface area (Å²) in [6.45, 7) is 4.39. The van der Waals surface area contributed by atoms with E-state index in [0.717, 1.165) is 25.2 Å². The van der Waals surface area contributed by atoms with E-state index in [0.29, 0.717) is 31.1 Å². The van der Waals surface area contributed by atoms with Crippen molar-refractivity contribution in [2.24, 2.45) is 7.05 Å². The lowest BCUT2D eigenvalue weighted by Crippen LogP contribution is -2.40. The van der Waals surface area contributed by atoms with Gasteiger partial charge in [0, 0.05) is 51.8 Å². The summed E-state index contributed by atoms with van der Waals surface area (Å²) in [5, 5.41) is 9.06. The second-order valence-electron chi connectivity index (χ2n) is 6.36. The summed E-state index contributed by atoms with van der Waals surface area (Å²) < 4.78 is 4.75. The van der Waals surface area contributed by atoms with Crippen LogP contribution >= 0.6 is 11.6 Å². The number of halogens is 1. The van der Waals surface area contributed by atoms with Crippen LogP contribution in [0.2, 0.25) is 5.02 Å². The molecule has 1 amide bonds. The third-order valence-corrected chi connectivity index (χ3v) is 4.84. The quantitative estimate of drug-likeness (QED) is 0.797. The van der Waals surface area contributed by atoms with Crippen LogP contribution in [0, 0.1) is 0 Å². The number of aromatic nitrogens is 5. The SMILES string of the molecule is CCn1c([C@@H]2CCCN(C(=O)CCn3cc(Cl)cn3)C2)nn(C)c1=O. The van der Waals surface area contributed by atoms with Gasteiger partial charge >= 0.3 is 5.69 Å². The Hall–Kier alpha value is -2.09. The van der Waals surface area contributed by atoms with E-state index in [2.05, 4.69) is 10.2 Å². The van der Waals surface area contributed by atoms with E-state index in [1.807, 2.05) is 11.8 Å². The number of carbonyl (C=O) groups is 1. The molecule has 1 fully saturated rings. The molecular formula is C16H23ClN6O2. The van der Waals surface area contributed by atoms with Gasteiger partial charge < -0.3 is 4.90 Å². The molecule has 1 atom stereocenters. The monoisotopic (exact) mass is 366 g/mol. The van der Waals surface area contributed by atoms with E-state index in [4.69, 9.17) is 11.6 Å². The van der Waals surface area contributed by atoms with E-state index in [-0.39, 0.29) is 17.5 Å². The Morgan fingerprint density at radius 1 is 1.44 bits per heavy atom. The Balaban J connectivity index is 1.65. The van der Waals surface area contributed by atoms with Crippen molar-refractivity contribution in [2.45, 2.75) is 45.2 Å². The highest BCUT2D eigenvalue weighted by atomic mass is 35.5. The van der Waals surface area contributed by atoms with Crippen molar-refractivity contribution >= 4 is 17.5 Å². The van der Waals surface area contributed by atoms with Gasteiger partial charge in [0.25, 0.3) is 0 Å². The predicted octanol–water partition coefficient (Wildman–Crippen LogP) is 1.25. The summed E-state index contributed by atoms with van der Waals surface area (Å²) in [5.41, 5.74) is -0.100. The van der Waals surface area contributed by atoms with Crippen molar-refractivity contribution in [2.75, 3.05) is 13.1 Å². The Morgan fingerprint density at radius 3 is 2.92 bits per heavy atom. The molecule has 0 radical (unpaired) electrons. The molecule has 8 nitrogen and oxygen atoms in total. The second kappa shape index (κ2) is 7.43. The number of likely N-dealkylation sites (tertiary alicyclic amines) is 1. The van der Waals surface area contributed by atoms with Crippen LogP contribution in [0.15, 0.2) is 17.2 Å². The summed E-state index contributed by atoms with van der Waals surface area (Å²) in [6.07, 6.45) is 5.51. The second-order valence-corrected chi connectivity index (χ2v) is 6.80. The van der Waals surface area contributed by atoms with Crippen LogP contribution in [0.1, 0.15) is 37.9 Å². The van der Waals surface area contributed by atoms with Crippen LogP contribution in [0.3, 0.4) is 0 Å². The van der Waals surface area contributed by atoms with E-state index in [9.17, 15) is 9.59 Å². The molecule has 0 bridgehead atoms. The van der Waals surface area contributed by atoms with Gasteiger partial charge in [0.05, 0.1) is 11.2 Å². The molecule has 1 saturated heterocycles. The number of nitrogens with zero attached hydrogens (tertiary/aromatic N) is 6. The number of aryl methyl sites for hydroxylation is 2. The minimum absolute atomic E-state index is 0.0950. The fraction of sp³-hybridized carbons (Fsp3) is 0.625. The molecule has 9 heteroatoms. The minimum atomic E-state index is -0.100. The molecule has 3 heterocycles. The van der Waals surface area contributed by atoms with Gasteiger partial charge in [-0.3, -0.25) is 14.0 Å². The molecule has 2 aromatic heterocycles. The van der Waals surface area contributed by atoms with Crippen molar-refractivity contribution < 1.29 is 4.79 Å². The smallest absolute Gasteiger partial charge is 0.342 e. The lowest BCUT2D eigenvalue weighted by Gasteiger charge is -2.32. The van der Waals surface area contributed by atoms with Crippen molar-refractivity contribution in [1.29, 1.82) is 0 Å². The van der Waals surface area contributed by atoms with Gasteiger partial charge in [-0.2, -0.15) is 10.2 Å². The summed E-state index contributed by atoms with van der Waals surface area (Å²) >= 11 is 5.84. The van der Waals surface area contributed by atoms with Crippen LogP contribution in [-0.4, -0.2) is 48.0 Å². The van der Waals surface area contributed by atoms with Crippen LogP contribution in [-0.2, 0) is 24.9 Å². The molecule has 25 heavy (non-hydrogen) atoms. The molecular weight excluding hydrogens is 344 g/mol. The molecule has 1 aliphatic rings. The maximum Gasteiger partial charge on any atom is 0.345 e. The third-order valence-electron chi connectivity index (χ3n) is 4.65. The number of hydrogen-bond acceptors (Lipinski definition) is 4. The molecule has 136 valence electrons. The zero-order valence-electron chi connectivity index (χ0n) is 14.6. The van der Waals surface area contributed by atoms with Gasteiger partial charge in [-0.1, -0.05) is 11.6 Å². The number of carbonyl (C=O) groups excluding carboxylic acids is 1. The van der Waals surface area contributed by atoms with Gasteiger partial charge in [0.15, 0.2) is 0 Å². The summed E-state index contributed by atoms with van der Waals surface area (Å²) in [6, 6.07) is 0. The van der Waals surface area contributed by atoms with Crippen LogP contribution in [0.4, 0.5) is 0 Å². The molecule has 1 aliphatic heterocycles. The van der Waals surface area contributed by atoms with E-state index in [1.165, 1.54) is 4.68 Å². The van der Waals surface area contributed by atoms with Crippen molar-refractivity contribution in [1.82, 2.24) is 29.0 Å². The molecule has 0 spiro atoms. The van der Waals surface area contributed by atoms with E-state index < -0.39 is 0 Å². The normalized spacial score (nSPS) is 17.9. The first-order valence-corrected chi connectivity index (χ1v) is 8.96. The Kier molecular flexibility index (Phi) is 5.27. The standard InChI is InChI=1S/C16H23ClN6O2/c1-3-23-15(19-20(2)16(23)25)12-5-4-7-21(10-12)14(24)6-8-22-11-13(17)9-18-22/h9,11-12H,3-8,10H2,1-2H3/t12-/m1/s1. The fourth-order valence-corrected chi connectivity index (χ4v) is 3.52. The highest BCUT2D eigenvalue weighted by Gasteiger charge is 2.28. The third kappa shape index (κ3) is 3.78. The highest BCUT2D eigenvalue weighted by Crippen LogP contribution is 2.25. The van der Waals surface area contributed by atoms with Gasteiger partial charge in [-0.15, -0.1) is 0 Å². The first-order chi connectivity index (χ1) is 12.0. The number of hydrogen-bond donors (Lipinski definition) is 0. The lowest BCUT2D eigenvalue weighted by molar-refractivity contribution is -0.132. The zero-order chi connectivity index (χ0) is 18.0. The van der Waals surface area contributed by atoms with Gasteiger partial charge in [0.1, 0.15) is 5.82 Å². The molecule has 0 unspecified atom stereocenters. The maximum atomic E-state index is 12.5. The average molecular weight is 367 g/mol. The predicted molar refractivity (Wildman–Crippen MR) is 93.6 cm³/mol. The first-order valence-electron chi connectivity index (χ1n) is 8.59. The van der Waals surface area contributed by atoms with Crippen LogP contribution in [0.5, 0.6) is 0 Å². The minimum Gasteiger partial charge on any atom is -0.342 e. The van der Waals surface area contributed by atoms with E-state index >= 15 is 0 Å². The van der Waals surface area contributed by atoms with Crippen molar-refractivity contribution in [3.8, 4) is 0 Å². The van der Waals surface area contributed by atoms with Crippen LogP contribution in [0.25, 0.3) is 0 Å². The molecule has 3 rings (SSSR count). The summed E-state index contributed by atoms with van der Waals surface area (Å²) in [7, 11) is 1.67. The largest absolute Gasteiger partial charge is 0.345 e. The lowest BCUT2D eigenvalue weighted by atomic mass is 9.97. The highest BCUT2D eigenvalue weighted by molar-refractivity contribution is 6.30. The maximum absolute atomic E-state index is 12.5. The molecule has 0 saturated carbocycles. The van der Waals surface area contributed by atoms with Crippen molar-refractivity contribution in [3.63, 3.8) is 0 Å². The molecule has 0 aliphatic carbocycles. The zero-order valence-corrected chi connectivity index (χ0v) is 15.3. The van der Waals surface area contributed by atoms with Gasteiger partial charge in [-0.05, 0) is 19.8 Å². The molecule has 0 aromatic carbocycles. The average Bonchev–Trinajstić information content (AvgIpc) is 3.16. The van der Waals surface area contributed by atoms with Gasteiger partial charge in [0.2, 0.25) is 5.91 Å². The summed E-state index contributed by atoms with van der Waals surface area (Å²) in [5.74, 6) is 0.981. The van der Waals surface area contributed by atoms with Gasteiger partial charge in [-0.25, -0.2) is 9.48 Å². The number of piperidine rings is 1. The summed E-state index contributed by atoms with van der Waals surface area (Å²) in [4.78, 5) is 26.5. The molecule has 0 N–H and O–H groups in total. The molecule has 2 aromatic rings. The Morgan fingerprint density at radius 2 is 2.24 bits per heavy atom.